The van der Waals surface area contributed by atoms with Crippen molar-refractivity contribution < 1.29 is 14.3 Å². The number of nitrogens with one attached hydrogen (secondary N) is 1. The lowest BCUT2D eigenvalue weighted by Gasteiger charge is -2.39. The minimum Gasteiger partial charge on any atom is -0.378 e. The normalized spacial score (nSPS) is 37.0. The van der Waals surface area contributed by atoms with Gasteiger partial charge in [0, 0.05) is 13.2 Å². The molecule has 0 aromatic rings. The number of hydrogen-bond donors (Lipinski definition) is 1. The molecule has 2 amide bonds. The van der Waals surface area contributed by atoms with Gasteiger partial charge < -0.3 is 15.0 Å². The summed E-state index contributed by atoms with van der Waals surface area (Å²) in [6, 6.07) is -0.467. The van der Waals surface area contributed by atoms with Crippen LogP contribution in [-0.2, 0) is 14.3 Å². The summed E-state index contributed by atoms with van der Waals surface area (Å²) in [5, 5.41) is 3.00. The molecule has 0 bridgehead atoms. The molecule has 4 aliphatic rings. The SMILES string of the molecule is O=C1NC(C2CC2)C(=O)N(CCC2CCCO2)C1C1CC1. The maximum Gasteiger partial charge on any atom is 0.246 e. The Kier molecular flexibility index (Phi) is 3.40. The highest BCUT2D eigenvalue weighted by molar-refractivity contribution is 5.97. The maximum atomic E-state index is 12.8. The highest BCUT2D eigenvalue weighted by Crippen LogP contribution is 2.40. The van der Waals surface area contributed by atoms with Gasteiger partial charge >= 0.3 is 0 Å². The molecule has 2 aliphatic heterocycles. The van der Waals surface area contributed by atoms with Crippen LogP contribution < -0.4 is 5.32 Å². The van der Waals surface area contributed by atoms with Crippen molar-refractivity contribution in [2.45, 2.75) is 63.1 Å². The highest BCUT2D eigenvalue weighted by atomic mass is 16.5. The van der Waals surface area contributed by atoms with Crippen molar-refractivity contribution in [3.05, 3.63) is 0 Å². The van der Waals surface area contributed by atoms with Gasteiger partial charge in [0.25, 0.3) is 0 Å². The number of ether oxygens (including phenoxy) is 1. The highest BCUT2D eigenvalue weighted by Gasteiger charge is 2.51. The Morgan fingerprint density at radius 3 is 2.48 bits per heavy atom. The molecule has 2 aliphatic carbocycles. The lowest BCUT2D eigenvalue weighted by atomic mass is 9.99. The molecular formula is C16H24N2O3. The van der Waals surface area contributed by atoms with Crippen molar-refractivity contribution >= 4 is 11.8 Å². The van der Waals surface area contributed by atoms with Crippen molar-refractivity contribution in [3.63, 3.8) is 0 Å². The second kappa shape index (κ2) is 5.27. The number of piperazine rings is 1. The minimum absolute atomic E-state index is 0.0846. The summed E-state index contributed by atoms with van der Waals surface area (Å²) in [5.74, 6) is 1.01. The van der Waals surface area contributed by atoms with Crippen LogP contribution >= 0.6 is 0 Å². The quantitative estimate of drug-likeness (QED) is 0.824. The van der Waals surface area contributed by atoms with Gasteiger partial charge in [-0.15, -0.1) is 0 Å². The molecule has 0 aromatic heterocycles. The first-order valence-corrected chi connectivity index (χ1v) is 8.46. The second-order valence-corrected chi connectivity index (χ2v) is 7.06. The third-order valence-corrected chi connectivity index (χ3v) is 5.33. The Morgan fingerprint density at radius 1 is 1.10 bits per heavy atom. The van der Waals surface area contributed by atoms with E-state index in [1.165, 1.54) is 0 Å². The maximum absolute atomic E-state index is 12.8. The number of amides is 2. The predicted octanol–water partition coefficient (Wildman–Crippen LogP) is 1.07. The summed E-state index contributed by atoms with van der Waals surface area (Å²) in [4.78, 5) is 27.1. The molecule has 4 rings (SSSR count). The summed E-state index contributed by atoms with van der Waals surface area (Å²) in [6.45, 7) is 1.52. The van der Waals surface area contributed by atoms with Gasteiger partial charge in [0.05, 0.1) is 6.10 Å². The zero-order valence-electron chi connectivity index (χ0n) is 12.4. The predicted molar refractivity (Wildman–Crippen MR) is 76.5 cm³/mol. The number of nitrogens with zero attached hydrogens (tertiary/aromatic N) is 1. The van der Waals surface area contributed by atoms with Gasteiger partial charge in [-0.1, -0.05) is 0 Å². The van der Waals surface area contributed by atoms with Crippen molar-refractivity contribution in [3.8, 4) is 0 Å². The van der Waals surface area contributed by atoms with Crippen LogP contribution in [-0.4, -0.2) is 48.1 Å². The number of hydrogen-bond acceptors (Lipinski definition) is 3. The fourth-order valence-electron chi connectivity index (χ4n) is 3.79. The molecule has 2 heterocycles. The van der Waals surface area contributed by atoms with Crippen molar-refractivity contribution in [1.82, 2.24) is 10.2 Å². The van der Waals surface area contributed by atoms with Gasteiger partial charge in [-0.25, -0.2) is 0 Å². The summed E-state index contributed by atoms with van der Waals surface area (Å²) < 4.78 is 5.67. The summed E-state index contributed by atoms with van der Waals surface area (Å²) in [5.41, 5.74) is 0. The van der Waals surface area contributed by atoms with Crippen molar-refractivity contribution in [1.29, 1.82) is 0 Å². The van der Waals surface area contributed by atoms with E-state index in [-0.39, 0.29) is 30.0 Å². The van der Waals surface area contributed by atoms with E-state index in [4.69, 9.17) is 4.74 Å². The van der Waals surface area contributed by atoms with E-state index in [2.05, 4.69) is 5.32 Å². The molecule has 3 atom stereocenters. The van der Waals surface area contributed by atoms with Gasteiger partial charge in [-0.05, 0) is 56.8 Å². The zero-order valence-corrected chi connectivity index (χ0v) is 12.4. The second-order valence-electron chi connectivity index (χ2n) is 7.06. The number of carbonyl (C=O) groups is 2. The summed E-state index contributed by atoms with van der Waals surface area (Å²) >= 11 is 0. The monoisotopic (exact) mass is 292 g/mol. The molecule has 116 valence electrons. The smallest absolute Gasteiger partial charge is 0.246 e. The molecule has 0 radical (unpaired) electrons. The molecule has 5 heteroatoms. The Balaban J connectivity index is 1.46. The third kappa shape index (κ3) is 2.68. The van der Waals surface area contributed by atoms with E-state index in [1.54, 1.807) is 0 Å². The fourth-order valence-corrected chi connectivity index (χ4v) is 3.79. The van der Waals surface area contributed by atoms with Crippen LogP contribution in [0.5, 0.6) is 0 Å². The van der Waals surface area contributed by atoms with E-state index >= 15 is 0 Å². The largest absolute Gasteiger partial charge is 0.378 e. The third-order valence-electron chi connectivity index (χ3n) is 5.33. The molecule has 1 N–H and O–H groups in total. The Labute approximate surface area is 125 Å². The average Bonchev–Trinajstić information content (AvgIpc) is 3.39. The first kappa shape index (κ1) is 13.6. The van der Waals surface area contributed by atoms with Crippen LogP contribution in [0.1, 0.15) is 44.9 Å². The van der Waals surface area contributed by atoms with E-state index in [0.717, 1.165) is 51.6 Å². The fraction of sp³-hybridized carbons (Fsp3) is 0.875. The van der Waals surface area contributed by atoms with Crippen molar-refractivity contribution in [2.24, 2.45) is 11.8 Å². The first-order chi connectivity index (χ1) is 10.2. The molecule has 4 fully saturated rings. The van der Waals surface area contributed by atoms with Gasteiger partial charge in [0.1, 0.15) is 12.1 Å². The molecule has 2 saturated carbocycles. The Bertz CT molecular complexity index is 439. The van der Waals surface area contributed by atoms with Crippen LogP contribution in [0, 0.1) is 11.8 Å². The van der Waals surface area contributed by atoms with Crippen LogP contribution in [0.15, 0.2) is 0 Å². The van der Waals surface area contributed by atoms with Crippen LogP contribution in [0.4, 0.5) is 0 Å². The molecule has 0 aromatic carbocycles. The van der Waals surface area contributed by atoms with Crippen LogP contribution in [0.2, 0.25) is 0 Å². The number of rotatable bonds is 5. The molecule has 3 unspecified atom stereocenters. The standard InChI is InChI=1S/C16H24N2O3/c19-15-14(11-5-6-11)18(8-7-12-2-1-9-21-12)16(20)13(17-15)10-3-4-10/h10-14H,1-9H2,(H,17,19). The average molecular weight is 292 g/mol. The van der Waals surface area contributed by atoms with E-state index in [1.807, 2.05) is 4.90 Å². The Morgan fingerprint density at radius 2 is 1.86 bits per heavy atom. The lowest BCUT2D eigenvalue weighted by molar-refractivity contribution is -0.151. The molecule has 21 heavy (non-hydrogen) atoms. The van der Waals surface area contributed by atoms with Gasteiger partial charge in [0.2, 0.25) is 11.8 Å². The summed E-state index contributed by atoms with van der Waals surface area (Å²) in [7, 11) is 0. The molecular weight excluding hydrogens is 268 g/mol. The summed E-state index contributed by atoms with van der Waals surface area (Å²) in [6.07, 6.45) is 7.67. The van der Waals surface area contributed by atoms with E-state index in [0.29, 0.717) is 18.4 Å². The minimum atomic E-state index is -0.253. The molecule has 5 nitrogen and oxygen atoms in total. The van der Waals surface area contributed by atoms with Gasteiger partial charge in [-0.2, -0.15) is 0 Å². The van der Waals surface area contributed by atoms with Crippen molar-refractivity contribution in [2.75, 3.05) is 13.2 Å². The van der Waals surface area contributed by atoms with Gasteiger partial charge in [-0.3, -0.25) is 9.59 Å². The first-order valence-electron chi connectivity index (χ1n) is 8.46. The topological polar surface area (TPSA) is 58.6 Å². The zero-order chi connectivity index (χ0) is 14.4. The lowest BCUT2D eigenvalue weighted by Crippen LogP contribution is -2.65. The van der Waals surface area contributed by atoms with Crippen LogP contribution in [0.25, 0.3) is 0 Å². The van der Waals surface area contributed by atoms with E-state index < -0.39 is 0 Å². The molecule has 2 saturated heterocycles. The van der Waals surface area contributed by atoms with Crippen LogP contribution in [0.3, 0.4) is 0 Å². The molecule has 0 spiro atoms. The van der Waals surface area contributed by atoms with E-state index in [9.17, 15) is 9.59 Å². The van der Waals surface area contributed by atoms with Gasteiger partial charge in [0.15, 0.2) is 0 Å². The number of carbonyl (C=O) groups excluding carboxylic acids is 2. The Hall–Kier alpha value is -1.10.